The highest BCUT2D eigenvalue weighted by atomic mass is 14.8. The van der Waals surface area contributed by atoms with E-state index in [1.165, 1.54) is 5.57 Å². The van der Waals surface area contributed by atoms with E-state index in [2.05, 4.69) is 35.2 Å². The van der Waals surface area contributed by atoms with Gasteiger partial charge in [-0.15, -0.1) is 0 Å². The molecule has 0 spiro atoms. The van der Waals surface area contributed by atoms with Crippen LogP contribution in [0, 0.1) is 0 Å². The number of nitrogens with one attached hydrogen (secondary N) is 1. The van der Waals surface area contributed by atoms with Gasteiger partial charge in [-0.1, -0.05) is 13.0 Å². The van der Waals surface area contributed by atoms with Gasteiger partial charge in [-0.3, -0.25) is 9.97 Å². The molecule has 0 bridgehead atoms. The quantitative estimate of drug-likeness (QED) is 0.722. The molecule has 1 rings (SSSR count). The fraction of sp³-hybridized carbons (Fsp3) is 0.455. The van der Waals surface area contributed by atoms with Crippen molar-refractivity contribution in [1.82, 2.24) is 15.3 Å². The van der Waals surface area contributed by atoms with Crippen molar-refractivity contribution in [2.75, 3.05) is 13.1 Å². The van der Waals surface area contributed by atoms with E-state index in [0.29, 0.717) is 0 Å². The summed E-state index contributed by atoms with van der Waals surface area (Å²) in [5.41, 5.74) is 2.15. The lowest BCUT2D eigenvalue weighted by atomic mass is 10.2. The van der Waals surface area contributed by atoms with Gasteiger partial charge in [0.1, 0.15) is 0 Å². The average molecular weight is 191 g/mol. The van der Waals surface area contributed by atoms with Gasteiger partial charge in [0.25, 0.3) is 0 Å². The summed E-state index contributed by atoms with van der Waals surface area (Å²) in [5, 5.41) is 3.27. The van der Waals surface area contributed by atoms with Gasteiger partial charge in [0.15, 0.2) is 0 Å². The first kappa shape index (κ1) is 10.9. The average Bonchev–Trinajstić information content (AvgIpc) is 2.25. The van der Waals surface area contributed by atoms with E-state index < -0.39 is 0 Å². The third-order valence-corrected chi connectivity index (χ3v) is 1.99. The normalized spacial score (nSPS) is 11.7. The van der Waals surface area contributed by atoms with Gasteiger partial charge in [-0.05, 0) is 32.0 Å². The maximum atomic E-state index is 4.23. The van der Waals surface area contributed by atoms with Crippen molar-refractivity contribution in [2.45, 2.75) is 20.3 Å². The summed E-state index contributed by atoms with van der Waals surface area (Å²) in [6, 6.07) is 0. The smallest absolute Gasteiger partial charge is 0.0838 e. The van der Waals surface area contributed by atoms with Crippen molar-refractivity contribution >= 4 is 5.57 Å². The van der Waals surface area contributed by atoms with E-state index in [1.54, 1.807) is 18.6 Å². The Labute approximate surface area is 85.3 Å². The molecule has 1 N–H and O–H groups in total. The molecule has 0 aliphatic carbocycles. The third kappa shape index (κ3) is 3.66. The van der Waals surface area contributed by atoms with Gasteiger partial charge >= 0.3 is 0 Å². The van der Waals surface area contributed by atoms with Crippen LogP contribution in [0.15, 0.2) is 24.7 Å². The van der Waals surface area contributed by atoms with Crippen LogP contribution in [0.3, 0.4) is 0 Å². The lowest BCUT2D eigenvalue weighted by molar-refractivity contribution is 0.727. The molecule has 3 nitrogen and oxygen atoms in total. The van der Waals surface area contributed by atoms with Gasteiger partial charge in [-0.2, -0.15) is 0 Å². The molecular formula is C11H17N3. The van der Waals surface area contributed by atoms with Crippen LogP contribution in [0.4, 0.5) is 0 Å². The van der Waals surface area contributed by atoms with Crippen molar-refractivity contribution in [1.29, 1.82) is 0 Å². The van der Waals surface area contributed by atoms with E-state index in [-0.39, 0.29) is 0 Å². The fourth-order valence-corrected chi connectivity index (χ4v) is 1.17. The summed E-state index contributed by atoms with van der Waals surface area (Å²) in [4.78, 5) is 8.26. The summed E-state index contributed by atoms with van der Waals surface area (Å²) in [5.74, 6) is 0. The van der Waals surface area contributed by atoms with Crippen LogP contribution in [0.5, 0.6) is 0 Å². The highest BCUT2D eigenvalue weighted by Gasteiger charge is 1.94. The molecule has 0 radical (unpaired) electrons. The van der Waals surface area contributed by atoms with Gasteiger partial charge in [0.2, 0.25) is 0 Å². The molecule has 0 unspecified atom stereocenters. The van der Waals surface area contributed by atoms with E-state index in [1.807, 2.05) is 0 Å². The molecule has 1 heterocycles. The summed E-state index contributed by atoms with van der Waals surface area (Å²) in [6.45, 7) is 6.22. The molecule has 0 aliphatic rings. The third-order valence-electron chi connectivity index (χ3n) is 1.99. The van der Waals surface area contributed by atoms with Crippen LogP contribution in [-0.2, 0) is 0 Å². The first-order chi connectivity index (χ1) is 6.84. The minimum Gasteiger partial charge on any atom is -0.317 e. The predicted octanol–water partition coefficient (Wildman–Crippen LogP) is 1.88. The standard InChI is InChI=1S/C11H17N3/c1-3-12-6-4-5-10(2)11-9-13-7-8-14-11/h5,7-9,12H,3-4,6H2,1-2H3. The first-order valence-electron chi connectivity index (χ1n) is 4.98. The summed E-state index contributed by atoms with van der Waals surface area (Å²) in [6.07, 6.45) is 8.42. The van der Waals surface area contributed by atoms with Crippen LogP contribution >= 0.6 is 0 Å². The largest absolute Gasteiger partial charge is 0.317 e. The molecule has 3 heteroatoms. The first-order valence-corrected chi connectivity index (χ1v) is 4.98. The van der Waals surface area contributed by atoms with Gasteiger partial charge in [0.05, 0.1) is 11.9 Å². The Bertz CT molecular complexity index is 280. The molecule has 0 atom stereocenters. The number of rotatable bonds is 5. The molecule has 0 aromatic carbocycles. The van der Waals surface area contributed by atoms with E-state index in [0.717, 1.165) is 25.2 Å². The molecule has 1 aromatic rings. The second-order valence-electron chi connectivity index (χ2n) is 3.12. The Hall–Kier alpha value is -1.22. The molecule has 1 aromatic heterocycles. The predicted molar refractivity (Wildman–Crippen MR) is 58.8 cm³/mol. The Kier molecular flexibility index (Phi) is 4.86. The van der Waals surface area contributed by atoms with Crippen molar-refractivity contribution in [3.8, 4) is 0 Å². The fourth-order valence-electron chi connectivity index (χ4n) is 1.17. The van der Waals surface area contributed by atoms with Crippen LogP contribution in [0.25, 0.3) is 5.57 Å². The van der Waals surface area contributed by atoms with Crippen molar-refractivity contribution in [3.05, 3.63) is 30.4 Å². The zero-order valence-corrected chi connectivity index (χ0v) is 8.83. The summed E-state index contributed by atoms with van der Waals surface area (Å²) in [7, 11) is 0. The Morgan fingerprint density at radius 2 is 2.36 bits per heavy atom. The molecule has 0 saturated carbocycles. The Balaban J connectivity index is 2.44. The maximum absolute atomic E-state index is 4.23. The lowest BCUT2D eigenvalue weighted by Crippen LogP contribution is -2.13. The minimum atomic E-state index is 0.962. The SMILES string of the molecule is CCNCCC=C(C)c1cnccn1. The van der Waals surface area contributed by atoms with Crippen molar-refractivity contribution in [3.63, 3.8) is 0 Å². The zero-order valence-electron chi connectivity index (χ0n) is 8.83. The summed E-state index contributed by atoms with van der Waals surface area (Å²) < 4.78 is 0. The second kappa shape index (κ2) is 6.27. The number of allylic oxidation sites excluding steroid dienone is 1. The Morgan fingerprint density at radius 1 is 1.50 bits per heavy atom. The zero-order chi connectivity index (χ0) is 10.2. The van der Waals surface area contributed by atoms with Crippen LogP contribution in [0.1, 0.15) is 26.0 Å². The molecule has 0 aliphatic heterocycles. The molecule has 0 fully saturated rings. The molecular weight excluding hydrogens is 174 g/mol. The molecule has 14 heavy (non-hydrogen) atoms. The molecule has 0 amide bonds. The highest BCUT2D eigenvalue weighted by molar-refractivity contribution is 5.59. The topological polar surface area (TPSA) is 37.8 Å². The second-order valence-corrected chi connectivity index (χ2v) is 3.12. The van der Waals surface area contributed by atoms with E-state index in [4.69, 9.17) is 0 Å². The number of hydrogen-bond acceptors (Lipinski definition) is 3. The lowest BCUT2D eigenvalue weighted by Gasteiger charge is -2.00. The van der Waals surface area contributed by atoms with Gasteiger partial charge < -0.3 is 5.32 Å². The van der Waals surface area contributed by atoms with Crippen LogP contribution in [0.2, 0.25) is 0 Å². The molecule has 0 saturated heterocycles. The van der Waals surface area contributed by atoms with Crippen LogP contribution < -0.4 is 5.32 Å². The number of aromatic nitrogens is 2. The van der Waals surface area contributed by atoms with Crippen LogP contribution in [-0.4, -0.2) is 23.1 Å². The van der Waals surface area contributed by atoms with Gasteiger partial charge in [-0.25, -0.2) is 0 Å². The van der Waals surface area contributed by atoms with Crippen molar-refractivity contribution in [2.24, 2.45) is 0 Å². The van der Waals surface area contributed by atoms with Crippen molar-refractivity contribution < 1.29 is 0 Å². The minimum absolute atomic E-state index is 0.962. The summed E-state index contributed by atoms with van der Waals surface area (Å²) >= 11 is 0. The van der Waals surface area contributed by atoms with E-state index >= 15 is 0 Å². The monoisotopic (exact) mass is 191 g/mol. The molecule has 76 valence electrons. The number of hydrogen-bond donors (Lipinski definition) is 1. The highest BCUT2D eigenvalue weighted by Crippen LogP contribution is 2.08. The Morgan fingerprint density at radius 3 is 3.00 bits per heavy atom. The number of nitrogens with zero attached hydrogens (tertiary/aromatic N) is 2. The maximum Gasteiger partial charge on any atom is 0.0838 e. The van der Waals surface area contributed by atoms with E-state index in [9.17, 15) is 0 Å². The van der Waals surface area contributed by atoms with Gasteiger partial charge in [0, 0.05) is 12.4 Å².